The molecule has 0 atom stereocenters. The summed E-state index contributed by atoms with van der Waals surface area (Å²) in [6.07, 6.45) is 0. The molecule has 0 saturated carbocycles. The maximum Gasteiger partial charge on any atom is 0.0713 e. The summed E-state index contributed by atoms with van der Waals surface area (Å²) in [6.45, 7) is 0. The molecule has 0 radical (unpaired) electrons. The Kier molecular flexibility index (Phi) is 9.48. The van der Waals surface area contributed by atoms with Gasteiger partial charge in [-0.3, -0.25) is 0 Å². The molecule has 1 aliphatic carbocycles. The van der Waals surface area contributed by atoms with Gasteiger partial charge in [0.1, 0.15) is 0 Å². The maximum atomic E-state index is 2.39. The molecule has 0 N–H and O–H groups in total. The van der Waals surface area contributed by atoms with Gasteiger partial charge in [0.05, 0.1) is 5.41 Å². The fourth-order valence-corrected chi connectivity index (χ4v) is 9.64. The lowest BCUT2D eigenvalue weighted by Crippen LogP contribution is -2.28. The van der Waals surface area contributed by atoms with Gasteiger partial charge in [-0.2, -0.15) is 0 Å². The summed E-state index contributed by atoms with van der Waals surface area (Å²) < 4.78 is 0. The van der Waals surface area contributed by atoms with E-state index < -0.39 is 5.41 Å². The van der Waals surface area contributed by atoms with Crippen molar-refractivity contribution in [1.82, 2.24) is 0 Å². The van der Waals surface area contributed by atoms with Crippen LogP contribution in [-0.2, 0) is 5.41 Å². The average molecular weight is 790 g/mol. The minimum absolute atomic E-state index is 0.459. The van der Waals surface area contributed by atoms with Crippen LogP contribution in [-0.4, -0.2) is 0 Å². The van der Waals surface area contributed by atoms with Gasteiger partial charge < -0.3 is 4.90 Å². The molecule has 0 bridgehead atoms. The third kappa shape index (κ3) is 6.52. The SMILES string of the molecule is c1ccc(-c2ccc(-c3ccc(N(c4ccc(C5(c6ccccc6)c6ccccc6-c6ccccc65)cc4)c4cccc(-c5cccc(-c6ccccc6)c5)c4)cc3)cc2)cc1. The molecule has 0 amide bonds. The van der Waals surface area contributed by atoms with Gasteiger partial charge in [0.25, 0.3) is 0 Å². The molecule has 1 nitrogen and oxygen atoms in total. The van der Waals surface area contributed by atoms with Crippen LogP contribution in [0, 0.1) is 0 Å². The van der Waals surface area contributed by atoms with Crippen LogP contribution in [0.2, 0.25) is 0 Å². The van der Waals surface area contributed by atoms with E-state index >= 15 is 0 Å². The Morgan fingerprint density at radius 3 is 1.13 bits per heavy atom. The topological polar surface area (TPSA) is 3.24 Å². The molecule has 10 aromatic rings. The summed E-state index contributed by atoms with van der Waals surface area (Å²) in [7, 11) is 0. The molecular formula is C61H43N. The fraction of sp³-hybridized carbons (Fsp3) is 0.0164. The predicted octanol–water partition coefficient (Wildman–Crippen LogP) is 16.2. The standard InChI is InChI=1S/C61H43N/c1-4-16-44(17-5-1)46-30-32-47(33-31-46)48-34-38-54(39-35-48)62(56-25-15-22-51(43-56)50-21-14-20-49(42-50)45-18-6-2-7-19-45)55-40-36-53(37-41-55)61(52-23-8-3-9-24-52)59-28-12-10-26-57(59)58-27-11-13-29-60(58)61/h1-43H. The van der Waals surface area contributed by atoms with Gasteiger partial charge >= 0.3 is 0 Å². The van der Waals surface area contributed by atoms with Gasteiger partial charge in [0, 0.05) is 17.1 Å². The molecule has 10 aromatic carbocycles. The maximum absolute atomic E-state index is 2.39. The van der Waals surface area contributed by atoms with Crippen molar-refractivity contribution < 1.29 is 0 Å². The second-order valence-electron chi connectivity index (χ2n) is 16.1. The molecule has 0 saturated heterocycles. The molecule has 62 heavy (non-hydrogen) atoms. The highest BCUT2D eigenvalue weighted by atomic mass is 15.1. The van der Waals surface area contributed by atoms with Crippen molar-refractivity contribution in [3.05, 3.63) is 283 Å². The molecule has 1 heteroatoms. The van der Waals surface area contributed by atoms with E-state index in [2.05, 4.69) is 266 Å². The van der Waals surface area contributed by atoms with Crippen molar-refractivity contribution in [2.45, 2.75) is 5.41 Å². The van der Waals surface area contributed by atoms with Crippen LogP contribution in [0.4, 0.5) is 17.1 Å². The van der Waals surface area contributed by atoms with E-state index in [1.807, 2.05) is 0 Å². The number of fused-ring (bicyclic) bond motifs is 3. The number of anilines is 3. The number of hydrogen-bond donors (Lipinski definition) is 0. The smallest absolute Gasteiger partial charge is 0.0713 e. The number of rotatable bonds is 9. The first-order chi connectivity index (χ1) is 30.7. The van der Waals surface area contributed by atoms with E-state index in [-0.39, 0.29) is 0 Å². The molecule has 0 aliphatic heterocycles. The Bertz CT molecular complexity index is 3090. The lowest BCUT2D eigenvalue weighted by molar-refractivity contribution is 0.768. The normalized spacial score (nSPS) is 12.3. The van der Waals surface area contributed by atoms with Crippen molar-refractivity contribution in [2.75, 3.05) is 4.90 Å². The Balaban J connectivity index is 1.02. The van der Waals surface area contributed by atoms with E-state index in [0.29, 0.717) is 0 Å². The van der Waals surface area contributed by atoms with Crippen molar-refractivity contribution in [2.24, 2.45) is 0 Å². The minimum atomic E-state index is -0.459. The summed E-state index contributed by atoms with van der Waals surface area (Å²) in [6, 6.07) is 95.1. The average Bonchev–Trinajstić information content (AvgIpc) is 3.67. The third-order valence-electron chi connectivity index (χ3n) is 12.6. The second kappa shape index (κ2) is 15.9. The number of hydrogen-bond acceptors (Lipinski definition) is 1. The zero-order valence-corrected chi connectivity index (χ0v) is 34.3. The first kappa shape index (κ1) is 37.0. The van der Waals surface area contributed by atoms with E-state index in [0.717, 1.165) is 17.1 Å². The third-order valence-corrected chi connectivity index (χ3v) is 12.6. The predicted molar refractivity (Wildman–Crippen MR) is 260 cm³/mol. The Morgan fingerprint density at radius 2 is 0.581 bits per heavy atom. The Morgan fingerprint density at radius 1 is 0.226 bits per heavy atom. The van der Waals surface area contributed by atoms with Crippen molar-refractivity contribution in [1.29, 1.82) is 0 Å². The van der Waals surface area contributed by atoms with Gasteiger partial charge in [-0.1, -0.05) is 218 Å². The molecule has 11 rings (SSSR count). The van der Waals surface area contributed by atoms with Crippen LogP contribution in [0.5, 0.6) is 0 Å². The largest absolute Gasteiger partial charge is 0.310 e. The van der Waals surface area contributed by atoms with Crippen molar-refractivity contribution >= 4 is 17.1 Å². The molecule has 0 unspecified atom stereocenters. The fourth-order valence-electron chi connectivity index (χ4n) is 9.64. The highest BCUT2D eigenvalue weighted by Gasteiger charge is 2.45. The zero-order valence-electron chi connectivity index (χ0n) is 34.3. The summed E-state index contributed by atoms with van der Waals surface area (Å²) in [4.78, 5) is 2.39. The molecule has 1 aliphatic rings. The van der Waals surface area contributed by atoms with Gasteiger partial charge in [-0.15, -0.1) is 0 Å². The molecule has 0 aromatic heterocycles. The Labute approximate surface area is 364 Å². The van der Waals surface area contributed by atoms with Gasteiger partial charge in [0.2, 0.25) is 0 Å². The second-order valence-corrected chi connectivity index (χ2v) is 16.1. The zero-order chi connectivity index (χ0) is 41.3. The van der Waals surface area contributed by atoms with Crippen molar-refractivity contribution in [3.8, 4) is 55.6 Å². The monoisotopic (exact) mass is 789 g/mol. The Hall–Kier alpha value is -8.00. The number of nitrogens with zero attached hydrogens (tertiary/aromatic N) is 1. The highest BCUT2D eigenvalue weighted by molar-refractivity contribution is 5.87. The van der Waals surface area contributed by atoms with Crippen LogP contribution in [0.3, 0.4) is 0 Å². The van der Waals surface area contributed by atoms with E-state index in [4.69, 9.17) is 0 Å². The van der Waals surface area contributed by atoms with Gasteiger partial charge in [-0.05, 0) is 120 Å². The molecule has 0 spiro atoms. The lowest BCUT2D eigenvalue weighted by atomic mass is 9.68. The summed E-state index contributed by atoms with van der Waals surface area (Å²) >= 11 is 0. The first-order valence-corrected chi connectivity index (χ1v) is 21.4. The van der Waals surface area contributed by atoms with Crippen LogP contribution in [0.1, 0.15) is 22.3 Å². The lowest BCUT2D eigenvalue weighted by Gasteiger charge is -2.34. The highest BCUT2D eigenvalue weighted by Crippen LogP contribution is 2.56. The van der Waals surface area contributed by atoms with Crippen LogP contribution in [0.15, 0.2) is 261 Å². The van der Waals surface area contributed by atoms with Gasteiger partial charge in [0.15, 0.2) is 0 Å². The minimum Gasteiger partial charge on any atom is -0.310 e. The first-order valence-electron chi connectivity index (χ1n) is 21.4. The van der Waals surface area contributed by atoms with Crippen LogP contribution < -0.4 is 4.90 Å². The van der Waals surface area contributed by atoms with Crippen LogP contribution in [0.25, 0.3) is 55.6 Å². The molecule has 292 valence electrons. The quantitative estimate of drug-likeness (QED) is 0.141. The van der Waals surface area contributed by atoms with Crippen molar-refractivity contribution in [3.63, 3.8) is 0 Å². The summed E-state index contributed by atoms with van der Waals surface area (Å²) in [5.74, 6) is 0. The molecule has 0 heterocycles. The number of benzene rings is 10. The van der Waals surface area contributed by atoms with E-state index in [1.165, 1.54) is 77.9 Å². The van der Waals surface area contributed by atoms with E-state index in [1.54, 1.807) is 0 Å². The summed E-state index contributed by atoms with van der Waals surface area (Å²) in [5.41, 5.74) is 20.1. The molecule has 0 fully saturated rings. The summed E-state index contributed by atoms with van der Waals surface area (Å²) in [5, 5.41) is 0. The van der Waals surface area contributed by atoms with Crippen LogP contribution >= 0.6 is 0 Å². The molecular weight excluding hydrogens is 747 g/mol. The van der Waals surface area contributed by atoms with E-state index in [9.17, 15) is 0 Å². The van der Waals surface area contributed by atoms with Gasteiger partial charge in [-0.25, -0.2) is 0 Å².